The van der Waals surface area contributed by atoms with Crippen molar-refractivity contribution in [1.29, 1.82) is 0 Å². The Balaban J connectivity index is 1.44. The number of ether oxygens (including phenoxy) is 1. The summed E-state index contributed by atoms with van der Waals surface area (Å²) >= 11 is 0. The van der Waals surface area contributed by atoms with E-state index in [1.165, 1.54) is 13.4 Å². The maximum atomic E-state index is 11.1. The number of methoxy groups -OCH3 is 1. The number of amides is 1. The second-order valence-electron chi connectivity index (χ2n) is 9.40. The van der Waals surface area contributed by atoms with E-state index in [-0.39, 0.29) is 6.04 Å². The molecule has 1 saturated carbocycles. The molecule has 1 aliphatic heterocycles. The molecule has 35 heavy (non-hydrogen) atoms. The molecule has 186 valence electrons. The Morgan fingerprint density at radius 1 is 1.11 bits per heavy atom. The first kappa shape index (κ1) is 23.3. The van der Waals surface area contributed by atoms with E-state index in [1.807, 2.05) is 4.68 Å². The van der Waals surface area contributed by atoms with Gasteiger partial charge in [-0.1, -0.05) is 6.07 Å². The quantitative estimate of drug-likeness (QED) is 0.504. The summed E-state index contributed by atoms with van der Waals surface area (Å²) in [5.41, 5.74) is 8.81. The SMILES string of the molecule is COc1cc(-c2nn(C3CCC(N4CCN(C)CC4)CC3)c3ncnc(N)c23)ccc1NC(=O)O. The van der Waals surface area contributed by atoms with E-state index in [0.717, 1.165) is 63.1 Å². The lowest BCUT2D eigenvalue weighted by Gasteiger charge is -2.41. The lowest BCUT2D eigenvalue weighted by molar-refractivity contribution is 0.0815. The number of hydrogen-bond acceptors (Lipinski definition) is 8. The Kier molecular flexibility index (Phi) is 6.44. The monoisotopic (exact) mass is 480 g/mol. The summed E-state index contributed by atoms with van der Waals surface area (Å²) in [4.78, 5) is 24.9. The fraction of sp³-hybridized carbons (Fsp3) is 0.500. The topological polar surface area (TPSA) is 135 Å². The number of carbonyl (C=O) groups is 1. The number of anilines is 2. The van der Waals surface area contributed by atoms with Gasteiger partial charge < -0.3 is 20.5 Å². The highest BCUT2D eigenvalue weighted by atomic mass is 16.5. The molecule has 2 fully saturated rings. The fourth-order valence-corrected chi connectivity index (χ4v) is 5.36. The number of nitrogens with two attached hydrogens (primary N) is 1. The summed E-state index contributed by atoms with van der Waals surface area (Å²) in [6, 6.07) is 6.08. The number of benzene rings is 1. The predicted molar refractivity (Wildman–Crippen MR) is 134 cm³/mol. The minimum Gasteiger partial charge on any atom is -0.495 e. The second kappa shape index (κ2) is 9.67. The molecule has 1 saturated heterocycles. The van der Waals surface area contributed by atoms with Crippen molar-refractivity contribution in [3.05, 3.63) is 24.5 Å². The summed E-state index contributed by atoms with van der Waals surface area (Å²) in [6.45, 7) is 4.54. The summed E-state index contributed by atoms with van der Waals surface area (Å²) < 4.78 is 7.43. The van der Waals surface area contributed by atoms with Crippen molar-refractivity contribution in [3.63, 3.8) is 0 Å². The Morgan fingerprint density at radius 2 is 1.83 bits per heavy atom. The Morgan fingerprint density at radius 3 is 2.51 bits per heavy atom. The predicted octanol–water partition coefficient (Wildman–Crippen LogP) is 2.91. The first-order chi connectivity index (χ1) is 16.9. The van der Waals surface area contributed by atoms with E-state index >= 15 is 0 Å². The van der Waals surface area contributed by atoms with Crippen LogP contribution < -0.4 is 15.8 Å². The third kappa shape index (κ3) is 4.61. The molecule has 11 heteroatoms. The van der Waals surface area contributed by atoms with Crippen molar-refractivity contribution >= 4 is 28.6 Å². The molecule has 4 N–H and O–H groups in total. The maximum Gasteiger partial charge on any atom is 0.409 e. The van der Waals surface area contributed by atoms with Crippen molar-refractivity contribution in [2.45, 2.75) is 37.8 Å². The zero-order valence-corrected chi connectivity index (χ0v) is 20.1. The highest BCUT2D eigenvalue weighted by Crippen LogP contribution is 2.38. The smallest absolute Gasteiger partial charge is 0.409 e. The molecule has 0 unspecified atom stereocenters. The standard InChI is InChI=1S/C24H32N8O3/c1-30-9-11-31(12-10-30)16-4-6-17(7-5-16)32-23-20(22(25)26-14-27-23)21(29-32)15-3-8-18(28-24(33)34)19(13-15)35-2/h3,8,13-14,16-17,28H,4-7,9-12H2,1-2H3,(H,33,34)(H2,25,26,27). The van der Waals surface area contributed by atoms with Gasteiger partial charge in [0.15, 0.2) is 5.65 Å². The summed E-state index contributed by atoms with van der Waals surface area (Å²) in [7, 11) is 3.69. The van der Waals surface area contributed by atoms with Gasteiger partial charge in [0.25, 0.3) is 0 Å². The molecule has 1 aliphatic carbocycles. The molecule has 11 nitrogen and oxygen atoms in total. The number of carboxylic acid groups (broad SMARTS) is 1. The largest absolute Gasteiger partial charge is 0.495 e. The van der Waals surface area contributed by atoms with E-state index in [2.05, 4.69) is 32.1 Å². The average molecular weight is 481 g/mol. The van der Waals surface area contributed by atoms with Crippen molar-refractivity contribution < 1.29 is 14.6 Å². The van der Waals surface area contributed by atoms with Crippen LogP contribution in [-0.2, 0) is 0 Å². The van der Waals surface area contributed by atoms with Crippen LogP contribution in [0, 0.1) is 0 Å². The zero-order chi connectivity index (χ0) is 24.5. The van der Waals surface area contributed by atoms with Gasteiger partial charge in [0.1, 0.15) is 23.6 Å². The summed E-state index contributed by atoms with van der Waals surface area (Å²) in [5.74, 6) is 0.768. The number of piperazine rings is 1. The van der Waals surface area contributed by atoms with E-state index in [4.69, 9.17) is 20.7 Å². The number of hydrogen-bond donors (Lipinski definition) is 3. The van der Waals surface area contributed by atoms with Crippen molar-refractivity contribution in [1.82, 2.24) is 29.5 Å². The lowest BCUT2D eigenvalue weighted by Crippen LogP contribution is -2.49. The molecule has 3 heterocycles. The zero-order valence-electron chi connectivity index (χ0n) is 20.1. The van der Waals surface area contributed by atoms with Crippen molar-refractivity contribution in [2.24, 2.45) is 0 Å². The van der Waals surface area contributed by atoms with E-state index < -0.39 is 6.09 Å². The van der Waals surface area contributed by atoms with E-state index in [1.54, 1.807) is 18.2 Å². The number of nitrogens with zero attached hydrogens (tertiary/aromatic N) is 6. The van der Waals surface area contributed by atoms with Crippen LogP contribution in [0.3, 0.4) is 0 Å². The van der Waals surface area contributed by atoms with Crippen LogP contribution >= 0.6 is 0 Å². The van der Waals surface area contributed by atoms with E-state index in [0.29, 0.717) is 34.4 Å². The van der Waals surface area contributed by atoms with Crippen LogP contribution in [-0.4, -0.2) is 87.1 Å². The molecular weight excluding hydrogens is 448 g/mol. The minimum atomic E-state index is -1.16. The molecule has 3 aromatic rings. The van der Waals surface area contributed by atoms with Gasteiger partial charge in [-0.15, -0.1) is 0 Å². The number of fused-ring (bicyclic) bond motifs is 1. The molecule has 5 rings (SSSR count). The van der Waals surface area contributed by atoms with E-state index in [9.17, 15) is 4.79 Å². The third-order valence-electron chi connectivity index (χ3n) is 7.30. The van der Waals surface area contributed by atoms with Gasteiger partial charge in [0, 0.05) is 37.8 Å². The maximum absolute atomic E-state index is 11.1. The Hall–Kier alpha value is -3.44. The lowest BCUT2D eigenvalue weighted by atomic mass is 9.90. The van der Waals surface area contributed by atoms with Gasteiger partial charge in [-0.3, -0.25) is 10.2 Å². The van der Waals surface area contributed by atoms with Gasteiger partial charge in [-0.2, -0.15) is 5.10 Å². The highest BCUT2D eigenvalue weighted by molar-refractivity contribution is 5.99. The van der Waals surface area contributed by atoms with Crippen LogP contribution in [0.2, 0.25) is 0 Å². The third-order valence-corrected chi connectivity index (χ3v) is 7.30. The first-order valence-electron chi connectivity index (χ1n) is 12.0. The first-order valence-corrected chi connectivity index (χ1v) is 12.0. The molecule has 1 aromatic carbocycles. The van der Waals surface area contributed by atoms with Crippen molar-refractivity contribution in [3.8, 4) is 17.0 Å². The number of likely N-dealkylation sites (N-methyl/N-ethyl adjacent to an activating group) is 1. The minimum absolute atomic E-state index is 0.235. The van der Waals surface area contributed by atoms with Crippen LogP contribution in [0.1, 0.15) is 31.7 Å². The van der Waals surface area contributed by atoms with Gasteiger partial charge >= 0.3 is 6.09 Å². The van der Waals surface area contributed by atoms with Crippen LogP contribution in [0.25, 0.3) is 22.3 Å². The Labute approximate surface area is 203 Å². The summed E-state index contributed by atoms with van der Waals surface area (Å²) in [6.07, 6.45) is 4.65. The molecular formula is C24H32N8O3. The van der Waals surface area contributed by atoms with Crippen LogP contribution in [0.15, 0.2) is 24.5 Å². The molecule has 2 aromatic heterocycles. The molecule has 0 radical (unpaired) electrons. The average Bonchev–Trinajstić information content (AvgIpc) is 3.26. The van der Waals surface area contributed by atoms with Gasteiger partial charge in [0.2, 0.25) is 0 Å². The number of aromatic nitrogens is 4. The molecule has 0 atom stereocenters. The van der Waals surface area contributed by atoms with Crippen LogP contribution in [0.4, 0.5) is 16.3 Å². The highest BCUT2D eigenvalue weighted by Gasteiger charge is 2.30. The van der Waals surface area contributed by atoms with Gasteiger partial charge in [0.05, 0.1) is 24.2 Å². The second-order valence-corrected chi connectivity index (χ2v) is 9.40. The fourth-order valence-electron chi connectivity index (χ4n) is 5.36. The Bertz CT molecular complexity index is 1210. The van der Waals surface area contributed by atoms with Crippen LogP contribution in [0.5, 0.6) is 5.75 Å². The molecule has 0 spiro atoms. The van der Waals surface area contributed by atoms with Crippen molar-refractivity contribution in [2.75, 3.05) is 51.4 Å². The normalized spacial score (nSPS) is 21.8. The van der Waals surface area contributed by atoms with Gasteiger partial charge in [-0.05, 0) is 44.9 Å². The van der Waals surface area contributed by atoms with Gasteiger partial charge in [-0.25, -0.2) is 19.4 Å². The number of nitrogen functional groups attached to an aromatic ring is 1. The molecule has 1 amide bonds. The summed E-state index contributed by atoms with van der Waals surface area (Å²) in [5, 5.41) is 17.1. The molecule has 2 aliphatic rings. The number of rotatable bonds is 5. The number of nitrogens with one attached hydrogen (secondary N) is 1. The molecule has 0 bridgehead atoms.